The second-order valence-corrected chi connectivity index (χ2v) is 5.94. The zero-order chi connectivity index (χ0) is 16.8. The van der Waals surface area contributed by atoms with Crippen LogP contribution in [0.2, 0.25) is 0 Å². The Morgan fingerprint density at radius 2 is 2.21 bits per heavy atom. The van der Waals surface area contributed by atoms with Crippen LogP contribution in [0, 0.1) is 0 Å². The number of nitrogens with one attached hydrogen (secondary N) is 1. The number of hydrogen-bond acceptors (Lipinski definition) is 5. The molecular formula is C17H17N5OS. The van der Waals surface area contributed by atoms with Crippen molar-refractivity contribution in [2.24, 2.45) is 5.10 Å². The molecule has 7 heteroatoms. The van der Waals surface area contributed by atoms with Gasteiger partial charge in [0.15, 0.2) is 5.16 Å². The summed E-state index contributed by atoms with van der Waals surface area (Å²) in [6, 6.07) is 11.6. The monoisotopic (exact) mass is 339 g/mol. The van der Waals surface area contributed by atoms with Crippen molar-refractivity contribution in [3.05, 3.63) is 54.4 Å². The first kappa shape index (κ1) is 16.2. The number of hydrazone groups is 1. The average molecular weight is 339 g/mol. The van der Waals surface area contributed by atoms with Gasteiger partial charge in [-0.1, -0.05) is 30.0 Å². The fourth-order valence-corrected chi connectivity index (χ4v) is 3.13. The molecule has 3 rings (SSSR count). The Morgan fingerprint density at radius 1 is 1.33 bits per heavy atom. The lowest BCUT2D eigenvalue weighted by Gasteiger charge is -2.04. The molecule has 0 aliphatic carbocycles. The van der Waals surface area contributed by atoms with Gasteiger partial charge in [0.25, 0.3) is 5.91 Å². The zero-order valence-electron chi connectivity index (χ0n) is 13.2. The second kappa shape index (κ2) is 7.74. The van der Waals surface area contributed by atoms with Crippen LogP contribution in [-0.2, 0) is 11.3 Å². The molecule has 0 aliphatic heterocycles. The number of aryl methyl sites for hydroxylation is 1. The number of hydrogen-bond donors (Lipinski definition) is 1. The molecule has 1 aromatic carbocycles. The first-order chi connectivity index (χ1) is 11.8. The van der Waals surface area contributed by atoms with E-state index in [9.17, 15) is 4.79 Å². The van der Waals surface area contributed by atoms with Crippen molar-refractivity contribution in [2.75, 3.05) is 5.75 Å². The minimum atomic E-state index is -0.171. The predicted octanol–water partition coefficient (Wildman–Crippen LogP) is 2.69. The van der Waals surface area contributed by atoms with Gasteiger partial charge in [0.2, 0.25) is 0 Å². The molecule has 0 aliphatic rings. The highest BCUT2D eigenvalue weighted by Gasteiger charge is 2.11. The molecule has 2 aromatic heterocycles. The third kappa shape index (κ3) is 3.80. The van der Waals surface area contributed by atoms with Gasteiger partial charge < -0.3 is 4.57 Å². The van der Waals surface area contributed by atoms with Crippen molar-refractivity contribution in [1.82, 2.24) is 20.0 Å². The molecule has 122 valence electrons. The van der Waals surface area contributed by atoms with Gasteiger partial charge in [-0.25, -0.2) is 10.4 Å². The highest BCUT2D eigenvalue weighted by molar-refractivity contribution is 7.99. The van der Waals surface area contributed by atoms with Gasteiger partial charge >= 0.3 is 0 Å². The van der Waals surface area contributed by atoms with E-state index in [0.717, 1.165) is 28.3 Å². The van der Waals surface area contributed by atoms with Crippen LogP contribution in [0.15, 0.2) is 59.0 Å². The van der Waals surface area contributed by atoms with E-state index in [-0.39, 0.29) is 11.7 Å². The summed E-state index contributed by atoms with van der Waals surface area (Å²) >= 11 is 1.41. The van der Waals surface area contributed by atoms with Crippen LogP contribution in [0.4, 0.5) is 0 Å². The minimum absolute atomic E-state index is 0.171. The SMILES string of the molecule is CCn1c(SCC(=O)N/N=C/c2cccnc2)nc2ccccc21. The maximum atomic E-state index is 11.9. The minimum Gasteiger partial charge on any atom is -0.319 e. The number of para-hydroxylation sites is 2. The number of carbonyl (C=O) groups is 1. The first-order valence-electron chi connectivity index (χ1n) is 7.58. The van der Waals surface area contributed by atoms with E-state index in [1.165, 1.54) is 11.8 Å². The maximum Gasteiger partial charge on any atom is 0.250 e. The van der Waals surface area contributed by atoms with Gasteiger partial charge in [0, 0.05) is 24.5 Å². The largest absolute Gasteiger partial charge is 0.319 e. The quantitative estimate of drug-likeness (QED) is 0.426. The fraction of sp³-hybridized carbons (Fsp3) is 0.176. The molecule has 0 spiro atoms. The Bertz CT molecular complexity index is 860. The summed E-state index contributed by atoms with van der Waals surface area (Å²) in [7, 11) is 0. The molecule has 2 heterocycles. The van der Waals surface area contributed by atoms with Crippen LogP contribution in [0.5, 0.6) is 0 Å². The summed E-state index contributed by atoms with van der Waals surface area (Å²) in [6.45, 7) is 2.88. The molecule has 0 fully saturated rings. The molecule has 0 atom stereocenters. The summed E-state index contributed by atoms with van der Waals surface area (Å²) in [6.07, 6.45) is 4.93. The first-order valence-corrected chi connectivity index (χ1v) is 8.56. The van der Waals surface area contributed by atoms with Gasteiger partial charge in [-0.15, -0.1) is 0 Å². The molecule has 0 saturated heterocycles. The molecule has 0 radical (unpaired) electrons. The van der Waals surface area contributed by atoms with Crippen LogP contribution in [0.1, 0.15) is 12.5 Å². The van der Waals surface area contributed by atoms with Crippen molar-refractivity contribution in [2.45, 2.75) is 18.6 Å². The van der Waals surface area contributed by atoms with E-state index in [2.05, 4.69) is 32.0 Å². The van der Waals surface area contributed by atoms with Crippen molar-refractivity contribution in [3.63, 3.8) is 0 Å². The highest BCUT2D eigenvalue weighted by Crippen LogP contribution is 2.23. The van der Waals surface area contributed by atoms with E-state index in [1.54, 1.807) is 18.6 Å². The summed E-state index contributed by atoms with van der Waals surface area (Å²) < 4.78 is 2.10. The second-order valence-electron chi connectivity index (χ2n) is 5.00. The molecular weight excluding hydrogens is 322 g/mol. The summed E-state index contributed by atoms with van der Waals surface area (Å²) in [4.78, 5) is 20.5. The number of aromatic nitrogens is 3. The van der Waals surface area contributed by atoms with E-state index < -0.39 is 0 Å². The summed E-state index contributed by atoms with van der Waals surface area (Å²) in [5, 5.41) is 4.77. The smallest absolute Gasteiger partial charge is 0.250 e. The van der Waals surface area contributed by atoms with Crippen LogP contribution in [-0.4, -0.2) is 32.4 Å². The van der Waals surface area contributed by atoms with Gasteiger partial charge in [-0.3, -0.25) is 9.78 Å². The lowest BCUT2D eigenvalue weighted by Crippen LogP contribution is -2.20. The van der Waals surface area contributed by atoms with E-state index in [1.807, 2.05) is 36.4 Å². The van der Waals surface area contributed by atoms with Crippen LogP contribution in [0.25, 0.3) is 11.0 Å². The van der Waals surface area contributed by atoms with Crippen molar-refractivity contribution >= 4 is 34.9 Å². The number of fused-ring (bicyclic) bond motifs is 1. The van der Waals surface area contributed by atoms with Crippen LogP contribution < -0.4 is 5.43 Å². The Kier molecular flexibility index (Phi) is 5.22. The third-order valence-corrected chi connectivity index (χ3v) is 4.33. The molecule has 1 amide bonds. The number of benzene rings is 1. The number of rotatable bonds is 6. The Balaban J connectivity index is 1.59. The number of nitrogens with zero attached hydrogens (tertiary/aromatic N) is 4. The zero-order valence-corrected chi connectivity index (χ0v) is 14.0. The topological polar surface area (TPSA) is 72.2 Å². The third-order valence-electron chi connectivity index (χ3n) is 3.36. The van der Waals surface area contributed by atoms with Crippen molar-refractivity contribution in [1.29, 1.82) is 0 Å². The molecule has 0 unspecified atom stereocenters. The highest BCUT2D eigenvalue weighted by atomic mass is 32.2. The molecule has 24 heavy (non-hydrogen) atoms. The van der Waals surface area contributed by atoms with Gasteiger partial charge in [0.05, 0.1) is 23.0 Å². The molecule has 3 aromatic rings. The van der Waals surface area contributed by atoms with Gasteiger partial charge in [0.1, 0.15) is 0 Å². The Labute approximate surface area is 144 Å². The Morgan fingerprint density at radius 3 is 3.00 bits per heavy atom. The van der Waals surface area contributed by atoms with Gasteiger partial charge in [-0.05, 0) is 25.1 Å². The predicted molar refractivity (Wildman–Crippen MR) is 96.1 cm³/mol. The van der Waals surface area contributed by atoms with Crippen LogP contribution >= 0.6 is 11.8 Å². The Hall–Kier alpha value is -2.67. The normalized spacial score (nSPS) is 11.2. The van der Waals surface area contributed by atoms with Crippen molar-refractivity contribution in [3.8, 4) is 0 Å². The number of thioether (sulfide) groups is 1. The number of amides is 1. The lowest BCUT2D eigenvalue weighted by atomic mass is 10.3. The van der Waals surface area contributed by atoms with Crippen molar-refractivity contribution < 1.29 is 4.79 Å². The van der Waals surface area contributed by atoms with Gasteiger partial charge in [-0.2, -0.15) is 5.10 Å². The number of pyridine rings is 1. The number of carbonyl (C=O) groups excluding carboxylic acids is 1. The molecule has 0 bridgehead atoms. The summed E-state index contributed by atoms with van der Waals surface area (Å²) in [5.41, 5.74) is 5.37. The molecule has 0 saturated carbocycles. The summed E-state index contributed by atoms with van der Waals surface area (Å²) in [5.74, 6) is 0.0862. The standard InChI is InChI=1S/C17H17N5OS/c1-2-22-15-8-4-3-7-14(15)20-17(22)24-12-16(23)21-19-11-13-6-5-9-18-10-13/h3-11H,2,12H2,1H3,(H,21,23)/b19-11+. The molecule has 6 nitrogen and oxygen atoms in total. The molecule has 1 N–H and O–H groups in total. The number of imidazole rings is 1. The lowest BCUT2D eigenvalue weighted by molar-refractivity contribution is -0.118. The van der Waals surface area contributed by atoms with Crippen LogP contribution in [0.3, 0.4) is 0 Å². The average Bonchev–Trinajstić information content (AvgIpc) is 2.98. The maximum absolute atomic E-state index is 11.9. The van der Waals surface area contributed by atoms with E-state index >= 15 is 0 Å². The fourth-order valence-electron chi connectivity index (χ4n) is 2.26. The van der Waals surface area contributed by atoms with E-state index in [4.69, 9.17) is 0 Å². The van der Waals surface area contributed by atoms with E-state index in [0.29, 0.717) is 0 Å².